The van der Waals surface area contributed by atoms with E-state index in [0.717, 1.165) is 23.7 Å². The number of carbonyl (C=O) groups excluding carboxylic acids is 2. The van der Waals surface area contributed by atoms with Crippen LogP contribution in [-0.4, -0.2) is 47.6 Å². The van der Waals surface area contributed by atoms with Gasteiger partial charge in [-0.1, -0.05) is 11.6 Å². The Morgan fingerprint density at radius 3 is 3.00 bits per heavy atom. The molecule has 2 amide bonds. The lowest BCUT2D eigenvalue weighted by atomic mass is 10.1. The minimum atomic E-state index is -0.386. The van der Waals surface area contributed by atoms with Crippen LogP contribution in [0.1, 0.15) is 13.3 Å². The van der Waals surface area contributed by atoms with Crippen LogP contribution in [-0.2, 0) is 9.59 Å². The van der Waals surface area contributed by atoms with Crippen molar-refractivity contribution in [2.75, 3.05) is 25.0 Å². The molecule has 0 aromatic heterocycles. The molecule has 1 unspecified atom stereocenters. The lowest BCUT2D eigenvalue weighted by molar-refractivity contribution is -0.135. The molecule has 1 saturated heterocycles. The molecule has 2 atom stereocenters. The van der Waals surface area contributed by atoms with Gasteiger partial charge in [-0.05, 0) is 25.1 Å². The van der Waals surface area contributed by atoms with Gasteiger partial charge < -0.3 is 15.5 Å². The molecule has 1 fully saturated rings. The highest BCUT2D eigenvalue weighted by molar-refractivity contribution is 8.01. The fourth-order valence-corrected chi connectivity index (χ4v) is 4.00. The molecular weight excluding hydrogens is 357 g/mol. The molecule has 3 rings (SSSR count). The summed E-state index contributed by atoms with van der Waals surface area (Å²) >= 11 is 7.37. The van der Waals surface area contributed by atoms with Gasteiger partial charge in [-0.25, -0.2) is 0 Å². The van der Waals surface area contributed by atoms with Gasteiger partial charge in [0.05, 0.1) is 10.9 Å². The second-order valence-electron chi connectivity index (χ2n) is 5.58. The van der Waals surface area contributed by atoms with Gasteiger partial charge in [0, 0.05) is 42.0 Å². The van der Waals surface area contributed by atoms with Crippen LogP contribution in [0.15, 0.2) is 23.1 Å². The first kappa shape index (κ1) is 18.4. The number of hydrogen-bond acceptors (Lipinski definition) is 4. The van der Waals surface area contributed by atoms with E-state index in [2.05, 4.69) is 10.6 Å². The van der Waals surface area contributed by atoms with E-state index in [4.69, 9.17) is 11.6 Å². The summed E-state index contributed by atoms with van der Waals surface area (Å²) in [5.74, 6) is -0.0880. The van der Waals surface area contributed by atoms with Gasteiger partial charge in [0.1, 0.15) is 0 Å². The topological polar surface area (TPSA) is 61.4 Å². The lowest BCUT2D eigenvalue weighted by Crippen LogP contribution is -2.53. The maximum absolute atomic E-state index is 12.5. The van der Waals surface area contributed by atoms with Gasteiger partial charge in [0.25, 0.3) is 0 Å². The van der Waals surface area contributed by atoms with Gasteiger partial charge in [-0.2, -0.15) is 0 Å². The SMILES string of the molecule is C[C@@H]1CNCCN1C(=O)CC1Sc2ccc(Cl)cc2NC1=O.Cl. The third-order valence-electron chi connectivity index (χ3n) is 3.94. The first-order valence-electron chi connectivity index (χ1n) is 7.32. The zero-order valence-corrected chi connectivity index (χ0v) is 15.1. The lowest BCUT2D eigenvalue weighted by Gasteiger charge is -2.35. The highest BCUT2D eigenvalue weighted by Crippen LogP contribution is 2.38. The molecule has 8 heteroatoms. The molecule has 1 aromatic carbocycles. The Morgan fingerprint density at radius 1 is 1.48 bits per heavy atom. The van der Waals surface area contributed by atoms with Crippen molar-refractivity contribution >= 4 is 53.3 Å². The van der Waals surface area contributed by atoms with E-state index in [1.54, 1.807) is 12.1 Å². The van der Waals surface area contributed by atoms with Crippen LogP contribution in [0.2, 0.25) is 5.02 Å². The molecule has 0 saturated carbocycles. The number of benzene rings is 1. The number of nitrogens with one attached hydrogen (secondary N) is 2. The second-order valence-corrected chi connectivity index (χ2v) is 7.26. The van der Waals surface area contributed by atoms with Crippen molar-refractivity contribution in [3.8, 4) is 0 Å². The fraction of sp³-hybridized carbons (Fsp3) is 0.467. The zero-order valence-electron chi connectivity index (χ0n) is 12.7. The number of anilines is 1. The summed E-state index contributed by atoms with van der Waals surface area (Å²) in [6.07, 6.45) is 0.225. The number of rotatable bonds is 2. The summed E-state index contributed by atoms with van der Waals surface area (Å²) in [7, 11) is 0. The Bertz CT molecular complexity index is 614. The van der Waals surface area contributed by atoms with E-state index in [1.165, 1.54) is 11.8 Å². The molecule has 0 bridgehead atoms. The van der Waals surface area contributed by atoms with Crippen LogP contribution in [0.5, 0.6) is 0 Å². The molecule has 23 heavy (non-hydrogen) atoms. The molecule has 1 aromatic rings. The summed E-state index contributed by atoms with van der Waals surface area (Å²) < 4.78 is 0. The monoisotopic (exact) mass is 375 g/mol. The number of nitrogens with zero attached hydrogens (tertiary/aromatic N) is 1. The van der Waals surface area contributed by atoms with E-state index < -0.39 is 0 Å². The molecule has 5 nitrogen and oxygen atoms in total. The summed E-state index contributed by atoms with van der Waals surface area (Å²) in [6.45, 7) is 4.33. The average molecular weight is 376 g/mol. The highest BCUT2D eigenvalue weighted by atomic mass is 35.5. The Morgan fingerprint density at radius 2 is 2.26 bits per heavy atom. The van der Waals surface area contributed by atoms with Crippen molar-refractivity contribution in [2.45, 2.75) is 29.5 Å². The summed E-state index contributed by atoms with van der Waals surface area (Å²) in [4.78, 5) is 27.5. The predicted molar refractivity (Wildman–Crippen MR) is 95.6 cm³/mol. The van der Waals surface area contributed by atoms with Gasteiger partial charge in [-0.15, -0.1) is 24.2 Å². The first-order valence-corrected chi connectivity index (χ1v) is 8.57. The van der Waals surface area contributed by atoms with Gasteiger partial charge in [0.2, 0.25) is 11.8 Å². The maximum atomic E-state index is 12.5. The third kappa shape index (κ3) is 4.12. The number of halogens is 2. The van der Waals surface area contributed by atoms with E-state index in [0.29, 0.717) is 11.6 Å². The van der Waals surface area contributed by atoms with Gasteiger partial charge in [0.15, 0.2) is 0 Å². The summed E-state index contributed by atoms with van der Waals surface area (Å²) in [6, 6.07) is 5.58. The average Bonchev–Trinajstić information content (AvgIpc) is 2.48. The Hall–Kier alpha value is -0.950. The molecule has 2 aliphatic heterocycles. The van der Waals surface area contributed by atoms with Crippen LogP contribution in [0.3, 0.4) is 0 Å². The van der Waals surface area contributed by atoms with Crippen molar-refractivity contribution < 1.29 is 9.59 Å². The largest absolute Gasteiger partial charge is 0.337 e. The van der Waals surface area contributed by atoms with Crippen molar-refractivity contribution in [3.63, 3.8) is 0 Å². The van der Waals surface area contributed by atoms with Crippen LogP contribution < -0.4 is 10.6 Å². The molecule has 0 aliphatic carbocycles. The van der Waals surface area contributed by atoms with Crippen molar-refractivity contribution in [1.82, 2.24) is 10.2 Å². The molecule has 2 aliphatic rings. The Labute approximate surface area is 150 Å². The minimum absolute atomic E-state index is 0. The highest BCUT2D eigenvalue weighted by Gasteiger charge is 2.32. The van der Waals surface area contributed by atoms with E-state index in [-0.39, 0.29) is 41.9 Å². The molecule has 2 N–H and O–H groups in total. The van der Waals surface area contributed by atoms with Gasteiger partial charge in [-0.3, -0.25) is 9.59 Å². The Balaban J connectivity index is 0.00000192. The quantitative estimate of drug-likeness (QED) is 0.832. The van der Waals surface area contributed by atoms with Crippen molar-refractivity contribution in [1.29, 1.82) is 0 Å². The predicted octanol–water partition coefficient (Wildman–Crippen LogP) is 2.39. The maximum Gasteiger partial charge on any atom is 0.238 e. The summed E-state index contributed by atoms with van der Waals surface area (Å²) in [5.41, 5.74) is 0.724. The van der Waals surface area contributed by atoms with Gasteiger partial charge >= 0.3 is 0 Å². The fourth-order valence-electron chi connectivity index (χ4n) is 2.74. The molecule has 0 spiro atoms. The van der Waals surface area contributed by atoms with Crippen molar-refractivity contribution in [3.05, 3.63) is 23.2 Å². The standard InChI is InChI=1S/C15H18ClN3O2S.ClH/c1-9-8-17-4-5-19(9)14(20)7-13-15(21)18-11-6-10(16)2-3-12(11)22-13;/h2-3,6,9,13,17H,4-5,7-8H2,1H3,(H,18,21);1H/t9-,13?;/m1./s1. The smallest absolute Gasteiger partial charge is 0.238 e. The normalized spacial score (nSPS) is 23.6. The number of amides is 2. The van der Waals surface area contributed by atoms with Crippen LogP contribution in [0.25, 0.3) is 0 Å². The zero-order chi connectivity index (χ0) is 15.7. The second kappa shape index (κ2) is 7.75. The number of hydrogen-bond donors (Lipinski definition) is 2. The number of thioether (sulfide) groups is 1. The number of carbonyl (C=O) groups is 2. The molecular formula is C15H19Cl2N3O2S. The van der Waals surface area contributed by atoms with Crippen molar-refractivity contribution in [2.24, 2.45) is 0 Å². The van der Waals surface area contributed by atoms with E-state index in [9.17, 15) is 9.59 Å². The Kier molecular flexibility index (Phi) is 6.19. The van der Waals surface area contributed by atoms with E-state index >= 15 is 0 Å². The minimum Gasteiger partial charge on any atom is -0.337 e. The number of fused-ring (bicyclic) bond motifs is 1. The van der Waals surface area contributed by atoms with Crippen LogP contribution in [0, 0.1) is 0 Å². The molecule has 0 radical (unpaired) electrons. The van der Waals surface area contributed by atoms with E-state index in [1.807, 2.05) is 17.9 Å². The molecule has 126 valence electrons. The van der Waals surface area contributed by atoms with Crippen LogP contribution in [0.4, 0.5) is 5.69 Å². The molecule has 2 heterocycles. The third-order valence-corrected chi connectivity index (χ3v) is 5.45. The van der Waals surface area contributed by atoms with Crippen LogP contribution >= 0.6 is 35.8 Å². The first-order chi connectivity index (χ1) is 10.5. The summed E-state index contributed by atoms with van der Waals surface area (Å²) in [5, 5.41) is 6.30. The number of piperazine rings is 1.